The lowest BCUT2D eigenvalue weighted by molar-refractivity contribution is -0.142. The zero-order chi connectivity index (χ0) is 39.7. The largest absolute Gasteiger partial charge is 0.489 e. The molecular weight excluding hydrogens is 801 g/mol. The maximum Gasteiger partial charge on any atom is 0.326 e. The van der Waals surface area contributed by atoms with E-state index in [4.69, 9.17) is 48.4 Å². The number of nitrogens with zero attached hydrogens (tertiary/aromatic N) is 3. The summed E-state index contributed by atoms with van der Waals surface area (Å²) in [5.41, 5.74) is 9.92. The van der Waals surface area contributed by atoms with E-state index in [0.717, 1.165) is 26.8 Å². The minimum atomic E-state index is -4.36. The molecule has 2 aliphatic heterocycles. The number of carboxylic acid groups (broad SMARTS) is 1. The van der Waals surface area contributed by atoms with Crippen LogP contribution in [0.25, 0.3) is 0 Å². The fourth-order valence-corrected chi connectivity index (χ4v) is 9.81. The first kappa shape index (κ1) is 38.9. The minimum absolute atomic E-state index is 0.0459. The lowest BCUT2D eigenvalue weighted by Gasteiger charge is -2.36. The van der Waals surface area contributed by atoms with E-state index in [9.17, 15) is 23.1 Å². The molecule has 0 spiro atoms. The molecule has 1 unspecified atom stereocenters. The van der Waals surface area contributed by atoms with E-state index in [1.807, 2.05) is 36.4 Å². The molecule has 0 aliphatic carbocycles. The lowest BCUT2D eigenvalue weighted by atomic mass is 9.94. The number of aryl methyl sites for hydroxylation is 1. The van der Waals surface area contributed by atoms with Gasteiger partial charge in [0, 0.05) is 13.0 Å². The van der Waals surface area contributed by atoms with Crippen LogP contribution in [-0.2, 0) is 45.6 Å². The van der Waals surface area contributed by atoms with Gasteiger partial charge in [-0.1, -0.05) is 64.9 Å². The van der Waals surface area contributed by atoms with Crippen LogP contribution in [0, 0.1) is 18.3 Å². The number of hydrogen-bond acceptors (Lipinski definition) is 11. The number of carbonyl (C=O) groups is 2. The molecule has 1 aromatic heterocycles. The second-order valence-corrected chi connectivity index (χ2v) is 17.1. The van der Waals surface area contributed by atoms with Crippen molar-refractivity contribution in [2.24, 2.45) is 0 Å². The minimum Gasteiger partial charge on any atom is -0.489 e. The maximum absolute atomic E-state index is 14.3. The van der Waals surface area contributed by atoms with Gasteiger partial charge in [0.1, 0.15) is 31.0 Å². The van der Waals surface area contributed by atoms with Crippen molar-refractivity contribution in [2.75, 3.05) is 12.3 Å². The van der Waals surface area contributed by atoms with E-state index in [0.29, 0.717) is 56.2 Å². The zero-order valence-electron chi connectivity index (χ0n) is 29.6. The van der Waals surface area contributed by atoms with Gasteiger partial charge in [0.2, 0.25) is 5.91 Å². The first-order chi connectivity index (χ1) is 26.8. The highest BCUT2D eigenvalue weighted by molar-refractivity contribution is 7.91. The van der Waals surface area contributed by atoms with Gasteiger partial charge in [-0.2, -0.15) is 9.57 Å². The van der Waals surface area contributed by atoms with Crippen molar-refractivity contribution < 1.29 is 37.3 Å². The molecular formula is C39H33Cl2N5O8S2. The van der Waals surface area contributed by atoms with Crippen LogP contribution in [0.5, 0.6) is 17.2 Å². The van der Waals surface area contributed by atoms with Gasteiger partial charge >= 0.3 is 5.97 Å². The second kappa shape index (κ2) is 16.0. The van der Waals surface area contributed by atoms with Crippen LogP contribution in [0.2, 0.25) is 10.0 Å². The Balaban J connectivity index is 1.12. The molecule has 0 fully saturated rings. The molecule has 0 saturated carbocycles. The molecule has 56 heavy (non-hydrogen) atoms. The number of nitrogens with two attached hydrogens (primary N) is 1. The number of aromatic nitrogens is 1. The number of ether oxygens (including phenoxy) is 3. The predicted octanol–water partition coefficient (Wildman–Crippen LogP) is 6.23. The number of carbonyl (C=O) groups excluding carboxylic acids is 1. The number of nitrogens with one attached hydrogen (secondary N) is 1. The Labute approximate surface area is 336 Å². The first-order valence-electron chi connectivity index (χ1n) is 17.2. The highest BCUT2D eigenvalue weighted by atomic mass is 35.5. The second-order valence-electron chi connectivity index (χ2n) is 13.2. The summed E-state index contributed by atoms with van der Waals surface area (Å²) >= 11 is 12.9. The molecule has 0 saturated heterocycles. The number of anilines is 1. The van der Waals surface area contributed by atoms with Gasteiger partial charge in [0.05, 0.1) is 27.4 Å². The van der Waals surface area contributed by atoms with Gasteiger partial charge in [-0.3, -0.25) is 4.79 Å². The standard InChI is InChI=1S/C39H33Cl2N5O8S2/c1-21-38(55-39(43)44-21)56(50,51)46-18-27-16-34-33(15-26(27)14-32(46)36(47)45-31(37(48)49)13-22-2-4-23(17-42)5-3-22)53-20-35(54-34)25-7-9-28(10-8-25)52-19-24-6-11-29(40)30(41)12-24/h2-12,15-16,31-32,35H,13-14,18-20H2,1H3,(H2,43,44)(H,45,47)(H,48,49)/t31-,32-,35?/m0/s1. The van der Waals surface area contributed by atoms with Crippen LogP contribution in [0.15, 0.2) is 83.1 Å². The van der Waals surface area contributed by atoms with Crippen LogP contribution in [0.4, 0.5) is 5.13 Å². The molecule has 3 atom stereocenters. The molecule has 3 heterocycles. The normalized spacial score (nSPS) is 17.0. The van der Waals surface area contributed by atoms with Crippen molar-refractivity contribution in [3.63, 3.8) is 0 Å². The highest BCUT2D eigenvalue weighted by Crippen LogP contribution is 2.42. The van der Waals surface area contributed by atoms with Crippen LogP contribution in [0.1, 0.15) is 45.2 Å². The van der Waals surface area contributed by atoms with E-state index in [-0.39, 0.29) is 41.0 Å². The Hall–Kier alpha value is -5.37. The molecule has 17 heteroatoms. The van der Waals surface area contributed by atoms with Crippen LogP contribution in [-0.4, -0.2) is 53.4 Å². The molecule has 1 amide bonds. The summed E-state index contributed by atoms with van der Waals surface area (Å²) < 4.78 is 47.9. The van der Waals surface area contributed by atoms with Crippen molar-refractivity contribution >= 4 is 61.6 Å². The quantitative estimate of drug-likeness (QED) is 0.137. The zero-order valence-corrected chi connectivity index (χ0v) is 32.7. The van der Waals surface area contributed by atoms with E-state index < -0.39 is 40.1 Å². The van der Waals surface area contributed by atoms with Crippen LogP contribution >= 0.6 is 34.5 Å². The number of halogens is 2. The van der Waals surface area contributed by atoms with E-state index >= 15 is 0 Å². The predicted molar refractivity (Wildman–Crippen MR) is 208 cm³/mol. The Kier molecular flexibility index (Phi) is 11.1. The van der Waals surface area contributed by atoms with E-state index in [1.165, 1.54) is 6.92 Å². The molecule has 2 aliphatic rings. The Bertz CT molecular complexity index is 2470. The topological polar surface area (TPSA) is 194 Å². The summed E-state index contributed by atoms with van der Waals surface area (Å²) in [6.45, 7) is 1.76. The number of fused-ring (bicyclic) bond motifs is 2. The summed E-state index contributed by atoms with van der Waals surface area (Å²) in [4.78, 5) is 30.4. The molecule has 0 bridgehead atoms. The third-order valence-electron chi connectivity index (χ3n) is 9.41. The number of thiazole rings is 1. The van der Waals surface area contributed by atoms with Gasteiger partial charge in [-0.05, 0) is 89.7 Å². The SMILES string of the molecule is Cc1nc(N)sc1S(=O)(=O)N1Cc2cc3c(cc2C[C@H]1C(=O)N[C@@H](Cc1ccc(C#N)cc1)C(=O)O)OCC(c1ccc(OCc2ccc(Cl)c(Cl)c2)cc1)O3. The maximum atomic E-state index is 14.3. The van der Waals surface area contributed by atoms with Crippen molar-refractivity contribution in [1.29, 1.82) is 5.26 Å². The third-order valence-corrected chi connectivity index (χ3v) is 13.6. The van der Waals surface area contributed by atoms with Crippen molar-refractivity contribution in [1.82, 2.24) is 14.6 Å². The monoisotopic (exact) mass is 833 g/mol. The number of aliphatic carboxylic acids is 1. The number of hydrogen-bond donors (Lipinski definition) is 3. The summed E-state index contributed by atoms with van der Waals surface area (Å²) in [6.07, 6.45) is -0.666. The number of amides is 1. The summed E-state index contributed by atoms with van der Waals surface area (Å²) in [7, 11) is -4.36. The van der Waals surface area contributed by atoms with Crippen LogP contribution < -0.4 is 25.3 Å². The van der Waals surface area contributed by atoms with E-state index in [2.05, 4.69) is 10.3 Å². The molecule has 7 rings (SSSR count). The Morgan fingerprint density at radius 1 is 1.05 bits per heavy atom. The first-order valence-corrected chi connectivity index (χ1v) is 20.2. The number of carboxylic acids is 1. The van der Waals surface area contributed by atoms with Gasteiger partial charge in [0.25, 0.3) is 10.0 Å². The number of benzene rings is 4. The third kappa shape index (κ3) is 8.25. The van der Waals surface area contributed by atoms with Gasteiger partial charge in [0.15, 0.2) is 26.9 Å². The van der Waals surface area contributed by atoms with Gasteiger partial charge in [-0.15, -0.1) is 0 Å². The summed E-state index contributed by atoms with van der Waals surface area (Å²) in [6, 6.07) is 21.7. The number of nitriles is 1. The number of rotatable bonds is 11. The fraction of sp³-hybridized carbons (Fsp3) is 0.231. The fourth-order valence-electron chi connectivity index (χ4n) is 6.51. The van der Waals surface area contributed by atoms with Crippen molar-refractivity contribution in [2.45, 2.75) is 55.3 Å². The molecule has 0 radical (unpaired) electrons. The summed E-state index contributed by atoms with van der Waals surface area (Å²) in [5, 5.41) is 22.7. The molecule has 13 nitrogen and oxygen atoms in total. The lowest BCUT2D eigenvalue weighted by Crippen LogP contribution is -2.55. The molecule has 288 valence electrons. The smallest absolute Gasteiger partial charge is 0.326 e. The average Bonchev–Trinajstić information content (AvgIpc) is 3.54. The van der Waals surface area contributed by atoms with Gasteiger partial charge in [-0.25, -0.2) is 18.2 Å². The number of sulfonamides is 1. The Morgan fingerprint density at radius 2 is 1.77 bits per heavy atom. The number of nitrogen functional groups attached to an aromatic ring is 1. The van der Waals surface area contributed by atoms with Crippen molar-refractivity contribution in [3.8, 4) is 23.3 Å². The van der Waals surface area contributed by atoms with Crippen LogP contribution in [0.3, 0.4) is 0 Å². The molecule has 5 aromatic rings. The Morgan fingerprint density at radius 3 is 2.43 bits per heavy atom. The van der Waals surface area contributed by atoms with Gasteiger partial charge < -0.3 is 30.4 Å². The average molecular weight is 835 g/mol. The van der Waals surface area contributed by atoms with E-state index in [1.54, 1.807) is 48.5 Å². The molecule has 4 N–H and O–H groups in total. The summed E-state index contributed by atoms with van der Waals surface area (Å²) in [5.74, 6) is -0.652. The highest BCUT2D eigenvalue weighted by Gasteiger charge is 2.43. The van der Waals surface area contributed by atoms with Crippen molar-refractivity contribution in [3.05, 3.63) is 128 Å². The molecule has 4 aromatic carbocycles.